The molecule has 0 spiro atoms. The second-order valence-corrected chi connectivity index (χ2v) is 7.66. The van der Waals surface area contributed by atoms with Crippen LogP contribution in [0.25, 0.3) is 10.2 Å². The molecule has 8 heteroatoms. The maximum Gasteiger partial charge on any atom is 0.349 e. The van der Waals surface area contributed by atoms with Crippen molar-refractivity contribution in [2.45, 2.75) is 32.9 Å². The molecule has 0 atom stereocenters. The van der Waals surface area contributed by atoms with Crippen molar-refractivity contribution in [3.05, 3.63) is 62.5 Å². The number of nitrogens with one attached hydrogen (secondary N) is 1. The van der Waals surface area contributed by atoms with Crippen molar-refractivity contribution in [1.29, 1.82) is 0 Å². The average Bonchev–Trinajstić information content (AvgIpc) is 3.30. The predicted octanol–water partition coefficient (Wildman–Crippen LogP) is 2.19. The number of benzene rings is 1. The van der Waals surface area contributed by atoms with Crippen molar-refractivity contribution in [2.24, 2.45) is 0 Å². The summed E-state index contributed by atoms with van der Waals surface area (Å²) in [6, 6.07) is 9.47. The maximum atomic E-state index is 12.7. The molecule has 144 valence electrons. The second-order valence-electron chi connectivity index (χ2n) is 6.66. The standard InChI is InChI=1S/C20H19N3O4S/c1-12-16-18(22-14-8-5-9-23(14)19(16)25)28-17(12)20(26)27-11-15(24)21-10-13-6-3-2-4-7-13/h2-4,6-7H,5,8-11H2,1H3,(H,21,24). The van der Waals surface area contributed by atoms with Crippen molar-refractivity contribution in [3.8, 4) is 0 Å². The molecule has 1 aliphatic heterocycles. The van der Waals surface area contributed by atoms with E-state index in [9.17, 15) is 14.4 Å². The number of fused-ring (bicyclic) bond motifs is 2. The number of ether oxygens (including phenoxy) is 1. The van der Waals surface area contributed by atoms with Crippen molar-refractivity contribution in [2.75, 3.05) is 6.61 Å². The molecule has 0 saturated heterocycles. The van der Waals surface area contributed by atoms with Crippen LogP contribution in [-0.4, -0.2) is 28.0 Å². The lowest BCUT2D eigenvalue weighted by Crippen LogP contribution is -2.28. The molecule has 1 aliphatic rings. The first-order valence-electron chi connectivity index (χ1n) is 9.05. The number of carbonyl (C=O) groups excluding carboxylic acids is 2. The number of aryl methyl sites for hydroxylation is 2. The molecule has 0 aliphatic carbocycles. The molecular formula is C20H19N3O4S. The molecule has 28 heavy (non-hydrogen) atoms. The summed E-state index contributed by atoms with van der Waals surface area (Å²) in [7, 11) is 0. The summed E-state index contributed by atoms with van der Waals surface area (Å²) in [4.78, 5) is 42.5. The molecule has 0 unspecified atom stereocenters. The minimum atomic E-state index is -0.611. The van der Waals surface area contributed by atoms with Gasteiger partial charge < -0.3 is 10.1 Å². The number of esters is 1. The molecular weight excluding hydrogens is 378 g/mol. The topological polar surface area (TPSA) is 90.3 Å². The van der Waals surface area contributed by atoms with Crippen LogP contribution in [0, 0.1) is 6.92 Å². The van der Waals surface area contributed by atoms with E-state index in [2.05, 4.69) is 10.3 Å². The SMILES string of the molecule is Cc1c(C(=O)OCC(=O)NCc2ccccc2)sc2nc3n(c(=O)c12)CCC3. The Labute approximate surface area is 165 Å². The van der Waals surface area contributed by atoms with Gasteiger partial charge in [0.25, 0.3) is 11.5 Å². The van der Waals surface area contributed by atoms with E-state index in [0.29, 0.717) is 33.7 Å². The van der Waals surface area contributed by atoms with Gasteiger partial charge in [-0.05, 0) is 24.5 Å². The van der Waals surface area contributed by atoms with Crippen LogP contribution in [0.15, 0.2) is 35.1 Å². The minimum Gasteiger partial charge on any atom is -0.451 e. The number of aromatic nitrogens is 2. The molecule has 0 fully saturated rings. The maximum absolute atomic E-state index is 12.7. The summed E-state index contributed by atoms with van der Waals surface area (Å²) >= 11 is 1.14. The van der Waals surface area contributed by atoms with Gasteiger partial charge in [-0.25, -0.2) is 9.78 Å². The van der Waals surface area contributed by atoms with E-state index >= 15 is 0 Å². The normalized spacial score (nSPS) is 12.8. The summed E-state index contributed by atoms with van der Waals surface area (Å²) in [5, 5.41) is 3.18. The van der Waals surface area contributed by atoms with Gasteiger partial charge in [-0.15, -0.1) is 11.3 Å². The quantitative estimate of drug-likeness (QED) is 0.667. The molecule has 0 bridgehead atoms. The van der Waals surface area contributed by atoms with Gasteiger partial charge in [-0.1, -0.05) is 30.3 Å². The zero-order valence-corrected chi connectivity index (χ0v) is 16.2. The van der Waals surface area contributed by atoms with E-state index in [4.69, 9.17) is 4.74 Å². The number of nitrogens with zero attached hydrogens (tertiary/aromatic N) is 2. The molecule has 0 saturated carbocycles. The number of amides is 1. The minimum absolute atomic E-state index is 0.106. The van der Waals surface area contributed by atoms with Gasteiger partial charge >= 0.3 is 5.97 Å². The Bertz CT molecular complexity index is 1120. The Morgan fingerprint density at radius 3 is 2.86 bits per heavy atom. The smallest absolute Gasteiger partial charge is 0.349 e. The highest BCUT2D eigenvalue weighted by atomic mass is 32.1. The van der Waals surface area contributed by atoms with Gasteiger partial charge in [0.2, 0.25) is 0 Å². The van der Waals surface area contributed by atoms with Crippen LogP contribution >= 0.6 is 11.3 Å². The summed E-state index contributed by atoms with van der Waals surface area (Å²) in [6.45, 7) is 2.37. The Balaban J connectivity index is 1.44. The lowest BCUT2D eigenvalue weighted by Gasteiger charge is -2.06. The summed E-state index contributed by atoms with van der Waals surface area (Å²) in [5.41, 5.74) is 1.42. The number of hydrogen-bond donors (Lipinski definition) is 1. The summed E-state index contributed by atoms with van der Waals surface area (Å²) < 4.78 is 6.83. The van der Waals surface area contributed by atoms with E-state index in [0.717, 1.165) is 35.6 Å². The van der Waals surface area contributed by atoms with E-state index in [1.807, 2.05) is 30.3 Å². The van der Waals surface area contributed by atoms with Crippen molar-refractivity contribution in [1.82, 2.24) is 14.9 Å². The fourth-order valence-electron chi connectivity index (χ4n) is 3.31. The van der Waals surface area contributed by atoms with Gasteiger partial charge in [0, 0.05) is 19.5 Å². The van der Waals surface area contributed by atoms with Crippen LogP contribution in [0.2, 0.25) is 0 Å². The number of rotatable bonds is 5. The Morgan fingerprint density at radius 1 is 1.29 bits per heavy atom. The first-order valence-corrected chi connectivity index (χ1v) is 9.87. The number of thiophene rings is 1. The first-order chi connectivity index (χ1) is 13.5. The molecule has 3 heterocycles. The molecule has 1 amide bonds. The van der Waals surface area contributed by atoms with Crippen LogP contribution in [0.4, 0.5) is 0 Å². The Morgan fingerprint density at radius 2 is 2.07 bits per heavy atom. The van der Waals surface area contributed by atoms with Gasteiger partial charge in [0.05, 0.1) is 5.39 Å². The van der Waals surface area contributed by atoms with Crippen LogP contribution in [-0.2, 0) is 29.0 Å². The third kappa shape index (κ3) is 3.43. The summed E-state index contributed by atoms with van der Waals surface area (Å²) in [5.74, 6) is -0.230. The monoisotopic (exact) mass is 397 g/mol. The van der Waals surface area contributed by atoms with Crippen LogP contribution < -0.4 is 10.9 Å². The third-order valence-corrected chi connectivity index (χ3v) is 5.93. The molecule has 0 radical (unpaired) electrons. The molecule has 2 aromatic heterocycles. The van der Waals surface area contributed by atoms with Gasteiger partial charge in [0.15, 0.2) is 6.61 Å². The van der Waals surface area contributed by atoms with Gasteiger partial charge in [-0.2, -0.15) is 0 Å². The Hall–Kier alpha value is -3.00. The lowest BCUT2D eigenvalue weighted by molar-refractivity contribution is -0.124. The number of carbonyl (C=O) groups is 2. The third-order valence-electron chi connectivity index (χ3n) is 4.76. The highest BCUT2D eigenvalue weighted by molar-refractivity contribution is 7.20. The zero-order valence-electron chi connectivity index (χ0n) is 15.4. The lowest BCUT2D eigenvalue weighted by atomic mass is 10.2. The van der Waals surface area contributed by atoms with Crippen molar-refractivity contribution < 1.29 is 14.3 Å². The molecule has 4 rings (SSSR count). The number of hydrogen-bond acceptors (Lipinski definition) is 6. The molecule has 7 nitrogen and oxygen atoms in total. The molecule has 1 N–H and O–H groups in total. The van der Waals surface area contributed by atoms with E-state index < -0.39 is 5.97 Å². The van der Waals surface area contributed by atoms with E-state index in [1.54, 1.807) is 11.5 Å². The largest absolute Gasteiger partial charge is 0.451 e. The van der Waals surface area contributed by atoms with Crippen LogP contribution in [0.3, 0.4) is 0 Å². The fourth-order valence-corrected chi connectivity index (χ4v) is 4.40. The van der Waals surface area contributed by atoms with E-state index in [1.165, 1.54) is 0 Å². The average molecular weight is 397 g/mol. The van der Waals surface area contributed by atoms with Crippen molar-refractivity contribution in [3.63, 3.8) is 0 Å². The highest BCUT2D eigenvalue weighted by Crippen LogP contribution is 2.29. The molecule has 1 aromatic carbocycles. The van der Waals surface area contributed by atoms with Gasteiger partial charge in [0.1, 0.15) is 15.5 Å². The summed E-state index contributed by atoms with van der Waals surface area (Å²) in [6.07, 6.45) is 1.68. The zero-order chi connectivity index (χ0) is 19.7. The van der Waals surface area contributed by atoms with Crippen molar-refractivity contribution >= 4 is 33.4 Å². The van der Waals surface area contributed by atoms with Crippen LogP contribution in [0.1, 0.15) is 33.0 Å². The Kier molecular flexibility index (Phi) is 4.95. The highest BCUT2D eigenvalue weighted by Gasteiger charge is 2.24. The second kappa shape index (κ2) is 7.55. The molecule has 3 aromatic rings. The first kappa shape index (κ1) is 18.4. The fraction of sp³-hybridized carbons (Fsp3) is 0.300. The van der Waals surface area contributed by atoms with Crippen LogP contribution in [0.5, 0.6) is 0 Å². The van der Waals surface area contributed by atoms with E-state index in [-0.39, 0.29) is 18.1 Å². The predicted molar refractivity (Wildman–Crippen MR) is 106 cm³/mol. The van der Waals surface area contributed by atoms with Gasteiger partial charge in [-0.3, -0.25) is 14.2 Å².